The summed E-state index contributed by atoms with van der Waals surface area (Å²) in [7, 11) is 0. The van der Waals surface area contributed by atoms with E-state index in [2.05, 4.69) is 20.2 Å². The highest BCUT2D eigenvalue weighted by Crippen LogP contribution is 2.50. The Bertz CT molecular complexity index is 2230. The third-order valence-electron chi connectivity index (χ3n) is 9.96. The zero-order chi connectivity index (χ0) is 40.5. The monoisotopic (exact) mass is 809 g/mol. The number of nitrogens with two attached hydrogens (primary N) is 1. The largest absolute Gasteiger partial charge is 0.447 e. The second kappa shape index (κ2) is 13.8. The molecule has 0 saturated heterocycles. The summed E-state index contributed by atoms with van der Waals surface area (Å²) in [5.74, 6) is -4.57. The molecule has 2 amide bonds. The zero-order valence-corrected chi connectivity index (χ0v) is 30.8. The number of carbonyl (C=O) groups is 2. The van der Waals surface area contributed by atoms with Crippen molar-refractivity contribution in [2.75, 3.05) is 6.61 Å². The van der Waals surface area contributed by atoms with Gasteiger partial charge in [0.15, 0.2) is 29.0 Å². The van der Waals surface area contributed by atoms with Gasteiger partial charge in [-0.2, -0.15) is 36.8 Å². The van der Waals surface area contributed by atoms with Crippen LogP contribution in [0.4, 0.5) is 35.5 Å². The number of benzene rings is 2. The van der Waals surface area contributed by atoms with Gasteiger partial charge in [0.2, 0.25) is 0 Å². The molecule has 0 radical (unpaired) electrons. The molecular weight excluding hydrogens is 775 g/mol. The smallest absolute Gasteiger partial charge is 0.411 e. The third-order valence-corrected chi connectivity index (χ3v) is 10.3. The number of amides is 2. The number of nitrogens with zero attached hydrogens (tertiary/aromatic N) is 7. The van der Waals surface area contributed by atoms with Gasteiger partial charge in [-0.25, -0.2) is 23.6 Å². The van der Waals surface area contributed by atoms with Crippen molar-refractivity contribution in [3.63, 3.8) is 0 Å². The van der Waals surface area contributed by atoms with E-state index in [1.54, 1.807) is 31.6 Å². The van der Waals surface area contributed by atoms with Gasteiger partial charge in [0.25, 0.3) is 5.91 Å². The molecule has 2 aliphatic carbocycles. The summed E-state index contributed by atoms with van der Waals surface area (Å²) >= 11 is 6.40. The Labute approximate surface area is 319 Å². The number of nitrogens with one attached hydrogen (secondary N) is 1. The average Bonchev–Trinajstić information content (AvgIpc) is 3.98. The van der Waals surface area contributed by atoms with E-state index in [0.717, 1.165) is 24.1 Å². The van der Waals surface area contributed by atoms with Gasteiger partial charge in [0.1, 0.15) is 18.5 Å². The quantitative estimate of drug-likeness (QED) is 0.147. The predicted octanol–water partition coefficient (Wildman–Crippen LogP) is 7.82. The van der Waals surface area contributed by atoms with Gasteiger partial charge in [-0.15, -0.1) is 0 Å². The standard InChI is InChI=1S/C36H35ClF7N9O3/c1-33(2,3)16-35(23-8-7-21(26(38)27(23)39)19-13-47-51(14-19)20-5-6-20)29(54)52(31(45)49-35)25(15-56-32(55)50-34(10-11-34)36(42,43)44)18-4-9-24(37)22(12-18)28-46-17-48-53(28)30(40)41/h4,7-9,12-14,17,20,25,30H,5-6,10-11,15-16H2,1-3H3,(H2,45,49)(H,50,55)/t25-,35-/m1/s1. The number of hydrogen-bond donors (Lipinski definition) is 2. The number of carbonyl (C=O) groups excluding carboxylic acids is 2. The van der Waals surface area contributed by atoms with E-state index in [9.17, 15) is 31.5 Å². The van der Waals surface area contributed by atoms with E-state index in [1.165, 1.54) is 36.5 Å². The van der Waals surface area contributed by atoms with Crippen LogP contribution in [0.1, 0.15) is 82.6 Å². The Morgan fingerprint density at radius 2 is 1.79 bits per heavy atom. The fraction of sp³-hybridized carbons (Fsp3) is 0.444. The number of rotatable bonds is 11. The highest BCUT2D eigenvalue weighted by Gasteiger charge is 2.65. The van der Waals surface area contributed by atoms with Gasteiger partial charge in [-0.1, -0.05) is 50.6 Å². The molecule has 3 heterocycles. The molecule has 2 atom stereocenters. The molecule has 298 valence electrons. The van der Waals surface area contributed by atoms with E-state index in [-0.39, 0.29) is 57.5 Å². The van der Waals surface area contributed by atoms with Crippen molar-refractivity contribution in [1.82, 2.24) is 34.8 Å². The highest BCUT2D eigenvalue weighted by molar-refractivity contribution is 6.33. The van der Waals surface area contributed by atoms with Crippen LogP contribution in [0.2, 0.25) is 5.02 Å². The van der Waals surface area contributed by atoms with Crippen LogP contribution >= 0.6 is 11.6 Å². The second-order valence-electron chi connectivity index (χ2n) is 15.3. The average molecular weight is 810 g/mol. The van der Waals surface area contributed by atoms with E-state index < -0.39 is 77.0 Å². The SMILES string of the molecule is CC(C)(C)C[C@]1(c2ccc(-c3cnn(C4CC4)c3)c(F)c2F)N=C(N)N([C@H](COC(=O)NC2(C(F)(F)F)CC2)c2ccc(Cl)c(-c3ncnn3C(F)F)c2)C1=O. The molecule has 4 aromatic rings. The summed E-state index contributed by atoms with van der Waals surface area (Å²) in [6.07, 6.45) is -1.57. The van der Waals surface area contributed by atoms with E-state index in [4.69, 9.17) is 22.1 Å². The lowest BCUT2D eigenvalue weighted by atomic mass is 9.75. The van der Waals surface area contributed by atoms with Crippen molar-refractivity contribution in [2.24, 2.45) is 16.1 Å². The Hall–Kier alpha value is -5.20. The molecule has 56 heavy (non-hydrogen) atoms. The first kappa shape index (κ1) is 39.1. The first-order valence-electron chi connectivity index (χ1n) is 17.5. The molecule has 20 heteroatoms. The minimum atomic E-state index is -4.78. The number of aromatic nitrogens is 5. The number of hydrogen-bond acceptors (Lipinski definition) is 8. The molecule has 0 spiro atoms. The normalized spacial score (nSPS) is 20.0. The first-order chi connectivity index (χ1) is 26.2. The van der Waals surface area contributed by atoms with Gasteiger partial charge >= 0.3 is 18.8 Å². The maximum Gasteiger partial charge on any atom is 0.411 e. The zero-order valence-electron chi connectivity index (χ0n) is 30.0. The van der Waals surface area contributed by atoms with Gasteiger partial charge in [-0.05, 0) is 55.2 Å². The van der Waals surface area contributed by atoms with E-state index >= 15 is 8.78 Å². The Balaban J connectivity index is 1.30. The number of halogens is 8. The number of alkyl carbamates (subject to hydrolysis) is 1. The van der Waals surface area contributed by atoms with Crippen molar-refractivity contribution in [1.29, 1.82) is 0 Å². The minimum Gasteiger partial charge on any atom is -0.447 e. The molecule has 2 fully saturated rings. The Kier molecular flexibility index (Phi) is 9.60. The summed E-state index contributed by atoms with van der Waals surface area (Å²) in [6.45, 7) is 1.19. The lowest BCUT2D eigenvalue weighted by Gasteiger charge is -2.35. The van der Waals surface area contributed by atoms with Crippen LogP contribution in [0.15, 0.2) is 54.0 Å². The van der Waals surface area contributed by atoms with Crippen LogP contribution in [0, 0.1) is 17.0 Å². The number of ether oxygens (including phenoxy) is 1. The van der Waals surface area contributed by atoms with Crippen LogP contribution in [0.5, 0.6) is 0 Å². The van der Waals surface area contributed by atoms with Crippen LogP contribution in [0.25, 0.3) is 22.5 Å². The number of guanidine groups is 1. The molecule has 2 aromatic carbocycles. The van der Waals surface area contributed by atoms with Crippen molar-refractivity contribution in [3.8, 4) is 22.5 Å². The summed E-state index contributed by atoms with van der Waals surface area (Å²) in [5, 5.41) is 9.52. The maximum atomic E-state index is 16.5. The van der Waals surface area contributed by atoms with Crippen LogP contribution in [-0.2, 0) is 15.1 Å². The second-order valence-corrected chi connectivity index (χ2v) is 15.7. The minimum absolute atomic E-state index is 0.0192. The fourth-order valence-corrected chi connectivity index (χ4v) is 7.18. The van der Waals surface area contributed by atoms with Gasteiger partial charge in [0, 0.05) is 28.5 Å². The van der Waals surface area contributed by atoms with Crippen molar-refractivity contribution < 1.29 is 45.1 Å². The molecule has 0 unspecified atom stereocenters. The summed E-state index contributed by atoms with van der Waals surface area (Å²) < 4.78 is 109. The molecule has 3 aliphatic rings. The third kappa shape index (κ3) is 7.05. The highest BCUT2D eigenvalue weighted by atomic mass is 35.5. The van der Waals surface area contributed by atoms with E-state index in [0.29, 0.717) is 5.56 Å². The molecular formula is C36H35ClF7N9O3. The van der Waals surface area contributed by atoms with Crippen molar-refractivity contribution >= 4 is 29.6 Å². The number of alkyl halides is 5. The molecule has 2 saturated carbocycles. The van der Waals surface area contributed by atoms with Gasteiger partial charge < -0.3 is 15.8 Å². The number of aliphatic imine (C=N–C) groups is 1. The lowest BCUT2D eigenvalue weighted by molar-refractivity contribution is -0.164. The maximum absolute atomic E-state index is 16.5. The Morgan fingerprint density at radius 1 is 1.07 bits per heavy atom. The Morgan fingerprint density at radius 3 is 2.41 bits per heavy atom. The van der Waals surface area contributed by atoms with Crippen molar-refractivity contribution in [3.05, 3.63) is 76.8 Å². The predicted molar refractivity (Wildman–Crippen MR) is 187 cm³/mol. The molecule has 0 bridgehead atoms. The molecule has 7 rings (SSSR count). The molecule has 1 aliphatic heterocycles. The van der Waals surface area contributed by atoms with Crippen LogP contribution < -0.4 is 11.1 Å². The van der Waals surface area contributed by atoms with Gasteiger partial charge in [-0.3, -0.25) is 14.4 Å². The summed E-state index contributed by atoms with van der Waals surface area (Å²) in [6, 6.07) is 5.01. The fourth-order valence-electron chi connectivity index (χ4n) is 6.98. The molecule has 2 aromatic heterocycles. The molecule has 3 N–H and O–H groups in total. The van der Waals surface area contributed by atoms with Gasteiger partial charge in [0.05, 0.1) is 23.3 Å². The topological polar surface area (TPSA) is 146 Å². The molecule has 12 nitrogen and oxygen atoms in total. The summed E-state index contributed by atoms with van der Waals surface area (Å²) in [5.41, 5.74) is 0.608. The van der Waals surface area contributed by atoms with Crippen LogP contribution in [-0.4, -0.2) is 65.7 Å². The van der Waals surface area contributed by atoms with Crippen LogP contribution in [0.3, 0.4) is 0 Å². The lowest BCUT2D eigenvalue weighted by Crippen LogP contribution is -2.50. The van der Waals surface area contributed by atoms with E-state index in [1.807, 2.05) is 5.32 Å². The summed E-state index contributed by atoms with van der Waals surface area (Å²) in [4.78, 5) is 37.0. The van der Waals surface area contributed by atoms with Crippen molar-refractivity contribution in [2.45, 2.75) is 88.8 Å². The first-order valence-corrected chi connectivity index (χ1v) is 17.8.